The standard InChI is InChI=1S/C14H10F3NO3/c15-14(16,17)21-10-3-1-2-8(6-10)9-4-5-12(19)11(7-9)13(18)20/h1-7,19H,(H2,18,20). The Morgan fingerprint density at radius 3 is 2.38 bits per heavy atom. The van der Waals surface area contributed by atoms with Gasteiger partial charge in [-0.25, -0.2) is 0 Å². The molecule has 0 saturated carbocycles. The van der Waals surface area contributed by atoms with Gasteiger partial charge < -0.3 is 15.6 Å². The molecule has 2 aromatic rings. The summed E-state index contributed by atoms with van der Waals surface area (Å²) >= 11 is 0. The number of phenols is 1. The average molecular weight is 297 g/mol. The first-order valence-electron chi connectivity index (χ1n) is 5.75. The molecule has 0 heterocycles. The van der Waals surface area contributed by atoms with Crippen LogP contribution in [0, 0.1) is 0 Å². The number of carbonyl (C=O) groups is 1. The zero-order valence-corrected chi connectivity index (χ0v) is 10.5. The van der Waals surface area contributed by atoms with Crippen LogP contribution in [0.4, 0.5) is 13.2 Å². The van der Waals surface area contributed by atoms with E-state index in [2.05, 4.69) is 4.74 Å². The largest absolute Gasteiger partial charge is 0.573 e. The Morgan fingerprint density at radius 2 is 1.76 bits per heavy atom. The van der Waals surface area contributed by atoms with Crippen LogP contribution in [0.25, 0.3) is 11.1 Å². The Bertz CT molecular complexity index is 683. The van der Waals surface area contributed by atoms with E-state index in [0.717, 1.165) is 6.07 Å². The van der Waals surface area contributed by atoms with Crippen LogP contribution in [-0.4, -0.2) is 17.4 Å². The number of primary amides is 1. The van der Waals surface area contributed by atoms with Crippen molar-refractivity contribution in [2.24, 2.45) is 5.73 Å². The maximum atomic E-state index is 12.2. The Labute approximate surface area is 117 Å². The molecule has 0 bridgehead atoms. The summed E-state index contributed by atoms with van der Waals surface area (Å²) in [6.45, 7) is 0. The molecule has 4 nitrogen and oxygen atoms in total. The van der Waals surface area contributed by atoms with Crippen molar-refractivity contribution in [2.75, 3.05) is 0 Å². The van der Waals surface area contributed by atoms with Gasteiger partial charge in [0.2, 0.25) is 0 Å². The van der Waals surface area contributed by atoms with Crippen LogP contribution in [0.5, 0.6) is 11.5 Å². The number of carbonyl (C=O) groups excluding carboxylic acids is 1. The Balaban J connectivity index is 2.41. The van der Waals surface area contributed by atoms with Crippen molar-refractivity contribution in [3.8, 4) is 22.6 Å². The number of hydrogen-bond acceptors (Lipinski definition) is 3. The minimum absolute atomic E-state index is 0.116. The molecule has 2 aromatic carbocycles. The average Bonchev–Trinajstić information content (AvgIpc) is 2.37. The summed E-state index contributed by atoms with van der Waals surface area (Å²) < 4.78 is 40.4. The third-order valence-electron chi connectivity index (χ3n) is 2.66. The van der Waals surface area contributed by atoms with Gasteiger partial charge >= 0.3 is 6.36 Å². The number of halogens is 3. The molecule has 110 valence electrons. The van der Waals surface area contributed by atoms with Crippen LogP contribution in [0.15, 0.2) is 42.5 Å². The molecule has 7 heteroatoms. The van der Waals surface area contributed by atoms with Gasteiger partial charge in [-0.05, 0) is 35.4 Å². The normalized spacial score (nSPS) is 11.2. The molecule has 0 atom stereocenters. The first-order chi connectivity index (χ1) is 9.76. The maximum Gasteiger partial charge on any atom is 0.573 e. The van der Waals surface area contributed by atoms with Crippen LogP contribution in [0.2, 0.25) is 0 Å². The van der Waals surface area contributed by atoms with E-state index in [4.69, 9.17) is 5.73 Å². The predicted octanol–water partition coefficient (Wildman–Crippen LogP) is 3.06. The van der Waals surface area contributed by atoms with Gasteiger partial charge in [0.25, 0.3) is 5.91 Å². The van der Waals surface area contributed by atoms with Gasteiger partial charge in [-0.3, -0.25) is 4.79 Å². The molecule has 0 aromatic heterocycles. The Kier molecular flexibility index (Phi) is 3.75. The van der Waals surface area contributed by atoms with Crippen molar-refractivity contribution in [1.82, 2.24) is 0 Å². The van der Waals surface area contributed by atoms with Gasteiger partial charge in [-0.2, -0.15) is 0 Å². The van der Waals surface area contributed by atoms with Crippen molar-refractivity contribution >= 4 is 5.91 Å². The van der Waals surface area contributed by atoms with Crippen LogP contribution in [0.3, 0.4) is 0 Å². The fourth-order valence-electron chi connectivity index (χ4n) is 1.79. The van der Waals surface area contributed by atoms with Crippen LogP contribution >= 0.6 is 0 Å². The fourth-order valence-corrected chi connectivity index (χ4v) is 1.79. The highest BCUT2D eigenvalue weighted by atomic mass is 19.4. The van der Waals surface area contributed by atoms with Gasteiger partial charge in [-0.1, -0.05) is 18.2 Å². The number of benzene rings is 2. The van der Waals surface area contributed by atoms with E-state index in [1.165, 1.54) is 30.3 Å². The van der Waals surface area contributed by atoms with Gasteiger partial charge in [0.05, 0.1) is 5.56 Å². The van der Waals surface area contributed by atoms with E-state index in [9.17, 15) is 23.1 Å². The van der Waals surface area contributed by atoms with Crippen molar-refractivity contribution in [3.05, 3.63) is 48.0 Å². The highest BCUT2D eigenvalue weighted by Gasteiger charge is 2.31. The van der Waals surface area contributed by atoms with Crippen molar-refractivity contribution in [1.29, 1.82) is 0 Å². The lowest BCUT2D eigenvalue weighted by molar-refractivity contribution is -0.274. The molecule has 0 aliphatic rings. The maximum absolute atomic E-state index is 12.2. The van der Waals surface area contributed by atoms with E-state index in [-0.39, 0.29) is 17.1 Å². The lowest BCUT2D eigenvalue weighted by Crippen LogP contribution is -2.17. The van der Waals surface area contributed by atoms with Gasteiger partial charge in [0, 0.05) is 0 Å². The second-order valence-electron chi connectivity index (χ2n) is 4.17. The smallest absolute Gasteiger partial charge is 0.507 e. The summed E-state index contributed by atoms with van der Waals surface area (Å²) in [6.07, 6.45) is -4.79. The van der Waals surface area contributed by atoms with Crippen LogP contribution < -0.4 is 10.5 Å². The fraction of sp³-hybridized carbons (Fsp3) is 0.0714. The lowest BCUT2D eigenvalue weighted by Gasteiger charge is -2.10. The highest BCUT2D eigenvalue weighted by molar-refractivity contribution is 5.96. The van der Waals surface area contributed by atoms with E-state index in [0.29, 0.717) is 11.1 Å². The molecule has 1 amide bonds. The molecule has 21 heavy (non-hydrogen) atoms. The summed E-state index contributed by atoms with van der Waals surface area (Å²) in [5.74, 6) is -1.51. The second kappa shape index (κ2) is 5.35. The summed E-state index contributed by atoms with van der Waals surface area (Å²) in [6, 6.07) is 9.25. The molecule has 0 fully saturated rings. The highest BCUT2D eigenvalue weighted by Crippen LogP contribution is 2.30. The molecular formula is C14H10F3NO3. The van der Waals surface area contributed by atoms with Gasteiger partial charge in [0.15, 0.2) is 0 Å². The zero-order chi connectivity index (χ0) is 15.6. The molecule has 0 aliphatic carbocycles. The molecule has 0 saturated heterocycles. The lowest BCUT2D eigenvalue weighted by atomic mass is 10.0. The van der Waals surface area contributed by atoms with Crippen molar-refractivity contribution < 1.29 is 27.8 Å². The minimum atomic E-state index is -4.79. The SMILES string of the molecule is NC(=O)c1cc(-c2cccc(OC(F)(F)F)c2)ccc1O. The van der Waals surface area contributed by atoms with Crippen LogP contribution in [0.1, 0.15) is 10.4 Å². The molecule has 2 rings (SSSR count). The van der Waals surface area contributed by atoms with E-state index >= 15 is 0 Å². The molecule has 3 N–H and O–H groups in total. The molecular weight excluding hydrogens is 287 g/mol. The summed E-state index contributed by atoms with van der Waals surface area (Å²) in [4.78, 5) is 11.1. The number of rotatable bonds is 3. The van der Waals surface area contributed by atoms with Crippen LogP contribution in [-0.2, 0) is 0 Å². The summed E-state index contributed by atoms with van der Waals surface area (Å²) in [5, 5.41) is 9.49. The first kappa shape index (κ1) is 14.7. The van der Waals surface area contributed by atoms with Gasteiger partial charge in [0.1, 0.15) is 11.5 Å². The first-order valence-corrected chi connectivity index (χ1v) is 5.75. The van der Waals surface area contributed by atoms with E-state index in [1.807, 2.05) is 0 Å². The molecule has 0 spiro atoms. The third-order valence-corrected chi connectivity index (χ3v) is 2.66. The molecule has 0 unspecified atom stereocenters. The quantitative estimate of drug-likeness (QED) is 0.914. The summed E-state index contributed by atoms with van der Waals surface area (Å²) in [7, 11) is 0. The topological polar surface area (TPSA) is 72.6 Å². The minimum Gasteiger partial charge on any atom is -0.507 e. The van der Waals surface area contributed by atoms with Gasteiger partial charge in [-0.15, -0.1) is 13.2 Å². The predicted molar refractivity (Wildman–Crippen MR) is 68.7 cm³/mol. The van der Waals surface area contributed by atoms with E-state index in [1.54, 1.807) is 6.07 Å². The number of alkyl halides is 3. The monoisotopic (exact) mass is 297 g/mol. The number of hydrogen-bond donors (Lipinski definition) is 2. The number of aromatic hydroxyl groups is 1. The van der Waals surface area contributed by atoms with Crippen molar-refractivity contribution in [3.63, 3.8) is 0 Å². The Hall–Kier alpha value is -2.70. The number of nitrogens with two attached hydrogens (primary N) is 1. The number of ether oxygens (including phenoxy) is 1. The summed E-state index contributed by atoms with van der Waals surface area (Å²) in [5.41, 5.74) is 5.80. The third kappa shape index (κ3) is 3.65. The molecule has 0 aliphatic heterocycles. The molecule has 0 radical (unpaired) electrons. The zero-order valence-electron chi connectivity index (χ0n) is 10.5. The second-order valence-corrected chi connectivity index (χ2v) is 4.17. The van der Waals surface area contributed by atoms with E-state index < -0.39 is 12.3 Å². The van der Waals surface area contributed by atoms with Crippen molar-refractivity contribution in [2.45, 2.75) is 6.36 Å². The Morgan fingerprint density at radius 1 is 1.10 bits per heavy atom. The number of amides is 1.